The minimum atomic E-state index is -0.412. The number of carbonyl (C=O) groups excluding carboxylic acids is 2. The molecule has 0 saturated heterocycles. The third-order valence-electron chi connectivity index (χ3n) is 3.49. The van der Waals surface area contributed by atoms with Crippen molar-refractivity contribution in [2.45, 2.75) is 32.7 Å². The number of halogens is 1. The standard InChI is InChI=1S/C17H18BrNO2/c1-3-6-16(11(2)20)19-17(21)14-9-10-15(18)13-8-5-4-7-12(13)14/h4-5,7-10,16H,3,6H2,1-2H3,(H,19,21)/t16-/m0/s1. The Morgan fingerprint density at radius 3 is 2.43 bits per heavy atom. The highest BCUT2D eigenvalue weighted by molar-refractivity contribution is 9.10. The molecular weight excluding hydrogens is 330 g/mol. The maximum Gasteiger partial charge on any atom is 0.252 e. The van der Waals surface area contributed by atoms with E-state index in [1.165, 1.54) is 6.92 Å². The van der Waals surface area contributed by atoms with Crippen LogP contribution in [-0.4, -0.2) is 17.7 Å². The van der Waals surface area contributed by atoms with Gasteiger partial charge < -0.3 is 5.32 Å². The van der Waals surface area contributed by atoms with Gasteiger partial charge >= 0.3 is 0 Å². The first-order chi connectivity index (χ1) is 10.0. The van der Waals surface area contributed by atoms with Gasteiger partial charge in [0, 0.05) is 10.0 Å². The predicted octanol–water partition coefficient (Wildman–Crippen LogP) is 4.09. The maximum absolute atomic E-state index is 12.5. The summed E-state index contributed by atoms with van der Waals surface area (Å²) in [5, 5.41) is 4.71. The molecule has 110 valence electrons. The van der Waals surface area contributed by atoms with Gasteiger partial charge in [-0.25, -0.2) is 0 Å². The van der Waals surface area contributed by atoms with Crippen LogP contribution in [0.5, 0.6) is 0 Å². The van der Waals surface area contributed by atoms with Gasteiger partial charge in [0.25, 0.3) is 5.91 Å². The van der Waals surface area contributed by atoms with Crippen LogP contribution in [0.1, 0.15) is 37.0 Å². The smallest absolute Gasteiger partial charge is 0.252 e. The molecule has 1 N–H and O–H groups in total. The number of rotatable bonds is 5. The van der Waals surface area contributed by atoms with E-state index < -0.39 is 6.04 Å². The van der Waals surface area contributed by atoms with Gasteiger partial charge in [-0.3, -0.25) is 9.59 Å². The normalized spacial score (nSPS) is 12.1. The van der Waals surface area contributed by atoms with Crippen molar-refractivity contribution >= 4 is 38.4 Å². The van der Waals surface area contributed by atoms with Crippen LogP contribution in [0.3, 0.4) is 0 Å². The molecule has 21 heavy (non-hydrogen) atoms. The monoisotopic (exact) mass is 347 g/mol. The van der Waals surface area contributed by atoms with E-state index >= 15 is 0 Å². The van der Waals surface area contributed by atoms with Crippen molar-refractivity contribution in [1.82, 2.24) is 5.32 Å². The van der Waals surface area contributed by atoms with Gasteiger partial charge in [-0.15, -0.1) is 0 Å². The quantitative estimate of drug-likeness (QED) is 0.885. The van der Waals surface area contributed by atoms with Gasteiger partial charge in [-0.2, -0.15) is 0 Å². The molecule has 0 aliphatic carbocycles. The molecule has 3 nitrogen and oxygen atoms in total. The van der Waals surface area contributed by atoms with E-state index in [0.717, 1.165) is 21.7 Å². The van der Waals surface area contributed by atoms with Crippen LogP contribution < -0.4 is 5.32 Å². The zero-order valence-electron chi connectivity index (χ0n) is 12.2. The van der Waals surface area contributed by atoms with Crippen molar-refractivity contribution in [3.8, 4) is 0 Å². The second-order valence-corrected chi connectivity index (χ2v) is 5.92. The molecule has 1 atom stereocenters. The fourth-order valence-electron chi connectivity index (χ4n) is 2.36. The van der Waals surface area contributed by atoms with E-state index in [9.17, 15) is 9.59 Å². The number of benzene rings is 2. The summed E-state index contributed by atoms with van der Waals surface area (Å²) >= 11 is 3.49. The molecule has 0 unspecified atom stereocenters. The van der Waals surface area contributed by atoms with E-state index in [2.05, 4.69) is 21.2 Å². The third-order valence-corrected chi connectivity index (χ3v) is 4.18. The lowest BCUT2D eigenvalue weighted by Gasteiger charge is -2.16. The summed E-state index contributed by atoms with van der Waals surface area (Å²) in [4.78, 5) is 24.1. The van der Waals surface area contributed by atoms with Gasteiger partial charge in [0.15, 0.2) is 5.78 Å². The first-order valence-corrected chi connectivity index (χ1v) is 7.82. The lowest BCUT2D eigenvalue weighted by Crippen LogP contribution is -2.39. The molecule has 0 spiro atoms. The topological polar surface area (TPSA) is 46.2 Å². The number of fused-ring (bicyclic) bond motifs is 1. The van der Waals surface area contributed by atoms with E-state index in [4.69, 9.17) is 0 Å². The van der Waals surface area contributed by atoms with Crippen LogP contribution in [0, 0.1) is 0 Å². The van der Waals surface area contributed by atoms with Gasteiger partial charge in [-0.05, 0) is 36.2 Å². The van der Waals surface area contributed by atoms with Crippen LogP contribution in [-0.2, 0) is 4.79 Å². The summed E-state index contributed by atoms with van der Waals surface area (Å²) < 4.78 is 0.950. The molecule has 0 bridgehead atoms. The maximum atomic E-state index is 12.5. The van der Waals surface area contributed by atoms with Crippen LogP contribution in [0.4, 0.5) is 0 Å². The molecule has 0 radical (unpaired) electrons. The Kier molecular flexibility index (Phi) is 5.12. The molecule has 0 fully saturated rings. The minimum absolute atomic E-state index is 0.00776. The molecule has 4 heteroatoms. The molecule has 1 amide bonds. The highest BCUT2D eigenvalue weighted by atomic mass is 79.9. The van der Waals surface area contributed by atoms with Crippen LogP contribution in [0.25, 0.3) is 10.8 Å². The summed E-state index contributed by atoms with van der Waals surface area (Å²) in [6.45, 7) is 3.51. The Morgan fingerprint density at radius 2 is 1.81 bits per heavy atom. The summed E-state index contributed by atoms with van der Waals surface area (Å²) in [7, 11) is 0. The second kappa shape index (κ2) is 6.85. The Morgan fingerprint density at radius 1 is 1.14 bits per heavy atom. The number of amides is 1. The lowest BCUT2D eigenvalue weighted by molar-refractivity contribution is -0.118. The van der Waals surface area contributed by atoms with Crippen molar-refractivity contribution in [3.63, 3.8) is 0 Å². The molecule has 2 rings (SSSR count). The number of Topliss-reactive ketones (excluding diaryl/α,β-unsaturated/α-hetero) is 1. The number of hydrogen-bond donors (Lipinski definition) is 1. The molecule has 2 aromatic rings. The average Bonchev–Trinajstić information content (AvgIpc) is 2.47. The van der Waals surface area contributed by atoms with Crippen LogP contribution in [0.2, 0.25) is 0 Å². The lowest BCUT2D eigenvalue weighted by atomic mass is 10.0. The number of nitrogens with one attached hydrogen (secondary N) is 1. The molecule has 0 heterocycles. The van der Waals surface area contributed by atoms with Crippen molar-refractivity contribution < 1.29 is 9.59 Å². The van der Waals surface area contributed by atoms with Gasteiger partial charge in [-0.1, -0.05) is 53.5 Å². The molecule has 0 aliphatic rings. The van der Waals surface area contributed by atoms with Crippen LogP contribution in [0.15, 0.2) is 40.9 Å². The Labute approximate surface area is 132 Å². The van der Waals surface area contributed by atoms with Crippen molar-refractivity contribution in [1.29, 1.82) is 0 Å². The first-order valence-electron chi connectivity index (χ1n) is 7.03. The van der Waals surface area contributed by atoms with Crippen molar-refractivity contribution in [2.24, 2.45) is 0 Å². The predicted molar refractivity (Wildman–Crippen MR) is 88.5 cm³/mol. The fraction of sp³-hybridized carbons (Fsp3) is 0.294. The highest BCUT2D eigenvalue weighted by Crippen LogP contribution is 2.26. The Balaban J connectivity index is 2.36. The zero-order valence-corrected chi connectivity index (χ0v) is 13.7. The van der Waals surface area contributed by atoms with E-state index in [1.54, 1.807) is 6.07 Å². The van der Waals surface area contributed by atoms with Gasteiger partial charge in [0.2, 0.25) is 0 Å². The fourth-order valence-corrected chi connectivity index (χ4v) is 2.84. The van der Waals surface area contributed by atoms with Crippen molar-refractivity contribution in [3.05, 3.63) is 46.4 Å². The number of hydrogen-bond acceptors (Lipinski definition) is 2. The Hall–Kier alpha value is -1.68. The number of ketones is 1. The zero-order chi connectivity index (χ0) is 15.4. The van der Waals surface area contributed by atoms with E-state index in [-0.39, 0.29) is 11.7 Å². The van der Waals surface area contributed by atoms with Crippen molar-refractivity contribution in [2.75, 3.05) is 0 Å². The van der Waals surface area contributed by atoms with Gasteiger partial charge in [0.1, 0.15) is 0 Å². The minimum Gasteiger partial charge on any atom is -0.342 e. The summed E-state index contributed by atoms with van der Waals surface area (Å²) in [5.41, 5.74) is 0.594. The molecule has 2 aromatic carbocycles. The average molecular weight is 348 g/mol. The molecule has 0 aliphatic heterocycles. The largest absolute Gasteiger partial charge is 0.342 e. The molecule has 0 aromatic heterocycles. The highest BCUT2D eigenvalue weighted by Gasteiger charge is 2.18. The van der Waals surface area contributed by atoms with Gasteiger partial charge in [0.05, 0.1) is 6.04 Å². The SMILES string of the molecule is CCC[C@H](NC(=O)c1ccc(Br)c2ccccc12)C(C)=O. The molecule has 0 saturated carbocycles. The summed E-state index contributed by atoms with van der Waals surface area (Å²) in [6, 6.07) is 10.9. The van der Waals surface area contributed by atoms with Crippen LogP contribution >= 0.6 is 15.9 Å². The summed E-state index contributed by atoms with van der Waals surface area (Å²) in [5.74, 6) is -0.209. The summed E-state index contributed by atoms with van der Waals surface area (Å²) in [6.07, 6.45) is 1.52. The van der Waals surface area contributed by atoms with E-state index in [0.29, 0.717) is 12.0 Å². The van der Waals surface area contributed by atoms with E-state index in [1.807, 2.05) is 37.3 Å². The third kappa shape index (κ3) is 3.50. The number of carbonyl (C=O) groups is 2. The first kappa shape index (κ1) is 15.7. The second-order valence-electron chi connectivity index (χ2n) is 5.07. The Bertz CT molecular complexity index is 682. The molecular formula is C17H18BrNO2.